The molecule has 40 heavy (non-hydrogen) atoms. The molecule has 3 aliphatic heterocycles. The van der Waals surface area contributed by atoms with Crippen molar-refractivity contribution in [2.75, 3.05) is 31.1 Å². The Balaban J connectivity index is 0.000000161. The van der Waals surface area contributed by atoms with E-state index in [1.165, 1.54) is 6.07 Å². The molecule has 0 spiro atoms. The van der Waals surface area contributed by atoms with Gasteiger partial charge in [-0.15, -0.1) is 25.5 Å². The fourth-order valence-electron chi connectivity index (χ4n) is 4.70. The number of aliphatic hydroxyl groups excluding tert-OH is 2. The number of aromatic nitrogens is 7. The normalized spacial score (nSPS) is 19.4. The lowest BCUT2D eigenvalue weighted by molar-refractivity contribution is -0.147. The fourth-order valence-corrected chi connectivity index (χ4v) is 4.70. The molecule has 12 nitrogen and oxygen atoms in total. The molecule has 0 aliphatic carbocycles. The molecule has 2 N–H and O–H groups in total. The number of piperidine rings is 2. The van der Waals surface area contributed by atoms with Crippen LogP contribution in [0.2, 0.25) is 0 Å². The van der Waals surface area contributed by atoms with Crippen LogP contribution < -0.4 is 4.90 Å². The third kappa shape index (κ3) is 5.96. The number of aryl methyl sites for hydroxylation is 1. The molecule has 0 saturated carbocycles. The Bertz CT molecular complexity index is 1350. The van der Waals surface area contributed by atoms with Crippen molar-refractivity contribution in [2.45, 2.75) is 63.1 Å². The fraction of sp³-hybridized carbons (Fsp3) is 0.636. The summed E-state index contributed by atoms with van der Waals surface area (Å²) in [5.41, 5.74) is 0.0538. The van der Waals surface area contributed by atoms with Crippen LogP contribution in [0.1, 0.15) is 49.6 Å². The number of nitrogens with zero attached hydrogens (tertiary/aromatic N) is 10. The second-order valence-corrected chi connectivity index (χ2v) is 9.68. The van der Waals surface area contributed by atoms with Crippen LogP contribution in [0.15, 0.2) is 17.2 Å². The van der Waals surface area contributed by atoms with Crippen LogP contribution in [0, 0.1) is 0 Å². The lowest BCUT2D eigenvalue weighted by atomic mass is 10.1. The zero-order chi connectivity index (χ0) is 28.7. The van der Waals surface area contributed by atoms with Crippen LogP contribution in [0.4, 0.5) is 32.2 Å². The van der Waals surface area contributed by atoms with Crippen molar-refractivity contribution < 1.29 is 36.6 Å². The van der Waals surface area contributed by atoms with E-state index >= 15 is 0 Å². The Labute approximate surface area is 222 Å². The maximum absolute atomic E-state index is 12.8. The molecule has 0 radical (unpaired) electrons. The molecule has 2 saturated heterocycles. The van der Waals surface area contributed by atoms with Crippen LogP contribution in [0.25, 0.3) is 5.65 Å². The molecule has 0 amide bonds. The molecule has 0 atom stereocenters. The molecule has 2 fully saturated rings. The van der Waals surface area contributed by atoms with E-state index in [1.54, 1.807) is 6.07 Å². The highest BCUT2D eigenvalue weighted by Gasteiger charge is 2.40. The Morgan fingerprint density at radius 3 is 1.88 bits per heavy atom. The highest BCUT2D eigenvalue weighted by molar-refractivity contribution is 5.83. The number of anilines is 1. The minimum Gasteiger partial charge on any atom is -0.393 e. The van der Waals surface area contributed by atoms with E-state index in [9.17, 15) is 36.6 Å². The van der Waals surface area contributed by atoms with E-state index in [2.05, 4.69) is 30.6 Å². The first-order valence-electron chi connectivity index (χ1n) is 12.6. The van der Waals surface area contributed by atoms with E-state index in [4.69, 9.17) is 0 Å². The molecular weight excluding hydrogens is 550 g/mol. The van der Waals surface area contributed by atoms with Crippen molar-refractivity contribution in [1.29, 1.82) is 0 Å². The van der Waals surface area contributed by atoms with Gasteiger partial charge in [-0.25, -0.2) is 0 Å². The molecule has 6 heterocycles. The lowest BCUT2D eigenvalue weighted by Crippen LogP contribution is -2.41. The summed E-state index contributed by atoms with van der Waals surface area (Å²) in [6, 6.07) is 3.07. The molecule has 6 rings (SSSR count). The number of hydrogen-bond donors (Lipinski definition) is 2. The predicted octanol–water partition coefficient (Wildman–Crippen LogP) is 1.97. The van der Waals surface area contributed by atoms with Crippen molar-refractivity contribution >= 4 is 17.3 Å². The average Bonchev–Trinajstić information content (AvgIpc) is 3.54. The second-order valence-electron chi connectivity index (χ2n) is 9.68. The molecule has 218 valence electrons. The van der Waals surface area contributed by atoms with Crippen LogP contribution in [0.3, 0.4) is 0 Å². The molecule has 3 aromatic rings. The molecule has 0 bridgehead atoms. The number of rotatable bonds is 1. The van der Waals surface area contributed by atoms with Gasteiger partial charge in [0.15, 0.2) is 11.5 Å². The first kappa shape index (κ1) is 28.0. The Morgan fingerprint density at radius 1 is 0.700 bits per heavy atom. The van der Waals surface area contributed by atoms with Crippen molar-refractivity contribution in [3.05, 3.63) is 29.6 Å². The lowest BCUT2D eigenvalue weighted by Gasteiger charge is -2.33. The second kappa shape index (κ2) is 10.8. The number of fused-ring (bicyclic) bond motifs is 2. The first-order valence-corrected chi connectivity index (χ1v) is 12.6. The number of aliphatic hydroxyl groups is 2. The number of alkyl halides is 6. The van der Waals surface area contributed by atoms with Crippen molar-refractivity contribution in [1.82, 2.24) is 39.6 Å². The van der Waals surface area contributed by atoms with Gasteiger partial charge < -0.3 is 20.0 Å². The van der Waals surface area contributed by atoms with Crippen LogP contribution >= 0.6 is 0 Å². The van der Waals surface area contributed by atoms with Crippen molar-refractivity contribution in [2.24, 2.45) is 5.10 Å². The third-order valence-electron chi connectivity index (χ3n) is 6.87. The summed E-state index contributed by atoms with van der Waals surface area (Å²) in [5, 5.41) is 40.2. The number of hydrogen-bond acceptors (Lipinski definition) is 10. The molecule has 0 aromatic carbocycles. The van der Waals surface area contributed by atoms with Crippen molar-refractivity contribution in [3.8, 4) is 0 Å². The van der Waals surface area contributed by atoms with E-state index in [-0.39, 0.29) is 23.7 Å². The van der Waals surface area contributed by atoms with Crippen molar-refractivity contribution in [3.63, 3.8) is 0 Å². The summed E-state index contributed by atoms with van der Waals surface area (Å²) in [7, 11) is 0. The molecule has 3 aromatic heterocycles. The molecule has 3 aliphatic rings. The van der Waals surface area contributed by atoms with Gasteiger partial charge in [0.25, 0.3) is 11.6 Å². The molecule has 0 unspecified atom stereocenters. The Hall–Kier alpha value is -3.54. The first-order chi connectivity index (χ1) is 18.9. The maximum atomic E-state index is 12.8. The SMILES string of the molecule is OC1CCN(C2=Nn3c(nnc3C(F)(F)F)CC2)CC1.OC1CCN(c2ccc3nnc(C(F)(F)F)n3n2)CC1. The van der Waals surface area contributed by atoms with Crippen LogP contribution in [0.5, 0.6) is 0 Å². The number of halogens is 6. The summed E-state index contributed by atoms with van der Waals surface area (Å²) < 4.78 is 78.2. The Kier molecular flexibility index (Phi) is 7.56. The third-order valence-corrected chi connectivity index (χ3v) is 6.87. The molecule has 18 heteroatoms. The van der Waals surface area contributed by atoms with Crippen LogP contribution in [-0.4, -0.2) is 94.0 Å². The van der Waals surface area contributed by atoms with Gasteiger partial charge in [-0.3, -0.25) is 0 Å². The zero-order valence-electron chi connectivity index (χ0n) is 21.0. The summed E-state index contributed by atoms with van der Waals surface area (Å²) in [4.78, 5) is 3.77. The maximum Gasteiger partial charge on any atom is 0.453 e. The van der Waals surface area contributed by atoms with E-state index < -0.39 is 24.0 Å². The standard InChI is InChI=1S/C11H14F3N5O.C11H12F3N5O/c2*12-11(13,14)10-16-15-8-1-2-9(17-19(8)10)18-5-3-7(20)4-6-18/h7,20H,1-6H2;1-2,7,20H,3-6H2. The van der Waals surface area contributed by atoms with E-state index in [0.717, 1.165) is 4.68 Å². The van der Waals surface area contributed by atoms with Gasteiger partial charge in [-0.05, 0) is 37.8 Å². The Morgan fingerprint density at radius 2 is 1.27 bits per heavy atom. The summed E-state index contributed by atoms with van der Waals surface area (Å²) in [5.74, 6) is -0.948. The zero-order valence-corrected chi connectivity index (χ0v) is 21.0. The summed E-state index contributed by atoms with van der Waals surface area (Å²) in [6.07, 6.45) is -6.52. The number of likely N-dealkylation sites (tertiary alicyclic amines) is 1. The quantitative estimate of drug-likeness (QED) is 0.417. The van der Waals surface area contributed by atoms with E-state index in [1.807, 2.05) is 9.80 Å². The average molecular weight is 577 g/mol. The smallest absolute Gasteiger partial charge is 0.393 e. The van der Waals surface area contributed by atoms with Gasteiger partial charge in [-0.1, -0.05) is 0 Å². The predicted molar refractivity (Wildman–Crippen MR) is 126 cm³/mol. The minimum absolute atomic E-state index is 0.0538. The van der Waals surface area contributed by atoms with Gasteiger partial charge in [0.1, 0.15) is 11.7 Å². The number of amidine groups is 1. The van der Waals surface area contributed by atoms with Gasteiger partial charge in [0.2, 0.25) is 0 Å². The largest absolute Gasteiger partial charge is 0.453 e. The van der Waals surface area contributed by atoms with Gasteiger partial charge in [0.05, 0.1) is 12.2 Å². The summed E-state index contributed by atoms with van der Waals surface area (Å²) >= 11 is 0. The monoisotopic (exact) mass is 576 g/mol. The van der Waals surface area contributed by atoms with Gasteiger partial charge in [-0.2, -0.15) is 40.6 Å². The topological polar surface area (TPSA) is 133 Å². The van der Waals surface area contributed by atoms with Gasteiger partial charge >= 0.3 is 12.4 Å². The highest BCUT2D eigenvalue weighted by Crippen LogP contribution is 2.30. The highest BCUT2D eigenvalue weighted by atomic mass is 19.4. The van der Waals surface area contributed by atoms with Crippen LogP contribution in [-0.2, 0) is 18.8 Å². The van der Waals surface area contributed by atoms with E-state index in [0.29, 0.717) is 80.9 Å². The minimum atomic E-state index is -4.59. The molecular formula is C22H26F6N10O2. The van der Waals surface area contributed by atoms with Gasteiger partial charge in [0, 0.05) is 39.0 Å². The summed E-state index contributed by atoms with van der Waals surface area (Å²) in [6.45, 7) is 2.34.